The predicted molar refractivity (Wildman–Crippen MR) is 110 cm³/mol. The van der Waals surface area contributed by atoms with Crippen molar-refractivity contribution in [1.29, 1.82) is 0 Å². The fourth-order valence-corrected chi connectivity index (χ4v) is 6.41. The Morgan fingerprint density at radius 2 is 2.18 bits per heavy atom. The number of hydrogen-bond acceptors (Lipinski definition) is 3. The number of aryl methyl sites for hydroxylation is 2. The lowest BCUT2D eigenvalue weighted by Crippen LogP contribution is -2.44. The lowest BCUT2D eigenvalue weighted by atomic mass is 9.55. The lowest BCUT2D eigenvalue weighted by molar-refractivity contribution is -0.0158. The zero-order chi connectivity index (χ0) is 19.5. The van der Waals surface area contributed by atoms with Crippen LogP contribution in [0.15, 0.2) is 36.2 Å². The lowest BCUT2D eigenvalue weighted by Gasteiger charge is -2.49. The zero-order valence-electron chi connectivity index (χ0n) is 16.8. The molecule has 3 aliphatic rings. The Morgan fingerprint density at radius 1 is 1.32 bits per heavy atom. The molecule has 2 saturated carbocycles. The highest BCUT2D eigenvalue weighted by molar-refractivity contribution is 5.54. The van der Waals surface area contributed by atoms with Gasteiger partial charge in [0.1, 0.15) is 5.75 Å². The topological polar surface area (TPSA) is 58.3 Å². The number of aromatic hydroxyl groups is 1. The van der Waals surface area contributed by atoms with Gasteiger partial charge in [-0.3, -0.25) is 4.68 Å². The molecule has 5 rings (SSSR count). The highest BCUT2D eigenvalue weighted by Crippen LogP contribution is 2.62. The number of fused-ring (bicyclic) bond motifs is 5. The highest BCUT2D eigenvalue weighted by Gasteiger charge is 2.56. The van der Waals surface area contributed by atoms with E-state index in [4.69, 9.17) is 0 Å². The Hall–Kier alpha value is -2.07. The van der Waals surface area contributed by atoms with Crippen molar-refractivity contribution in [3.63, 3.8) is 0 Å². The summed E-state index contributed by atoms with van der Waals surface area (Å²) in [7, 11) is 0. The third-order valence-corrected chi connectivity index (χ3v) is 7.91. The van der Waals surface area contributed by atoms with Gasteiger partial charge in [-0.15, -0.1) is 0 Å². The average Bonchev–Trinajstić information content (AvgIpc) is 3.25. The van der Waals surface area contributed by atoms with Crippen LogP contribution in [0, 0.1) is 17.3 Å². The van der Waals surface area contributed by atoms with Gasteiger partial charge >= 0.3 is 0 Å². The molecule has 0 aliphatic heterocycles. The van der Waals surface area contributed by atoms with E-state index in [1.54, 1.807) is 0 Å². The van der Waals surface area contributed by atoms with E-state index in [2.05, 4.69) is 37.3 Å². The van der Waals surface area contributed by atoms with Gasteiger partial charge in [0.2, 0.25) is 0 Å². The summed E-state index contributed by atoms with van der Waals surface area (Å²) < 4.78 is 1.94. The fraction of sp³-hybridized carbons (Fsp3) is 0.542. The summed E-state index contributed by atoms with van der Waals surface area (Å²) in [6, 6.07) is 5.94. The quantitative estimate of drug-likeness (QED) is 0.808. The summed E-state index contributed by atoms with van der Waals surface area (Å²) >= 11 is 0. The van der Waals surface area contributed by atoms with E-state index in [1.165, 1.54) is 16.7 Å². The molecule has 0 bridgehead atoms. The smallest absolute Gasteiger partial charge is 0.115 e. The number of phenols is 1. The van der Waals surface area contributed by atoms with Crippen LogP contribution in [0.3, 0.4) is 0 Å². The molecular formula is C24H30N2O2. The summed E-state index contributed by atoms with van der Waals surface area (Å²) in [4.78, 5) is 0. The summed E-state index contributed by atoms with van der Waals surface area (Å²) in [5, 5.41) is 25.5. The van der Waals surface area contributed by atoms with Gasteiger partial charge in [-0.25, -0.2) is 0 Å². The Kier molecular flexibility index (Phi) is 4.16. The Morgan fingerprint density at radius 3 is 2.96 bits per heavy atom. The van der Waals surface area contributed by atoms with Crippen LogP contribution in [0.1, 0.15) is 62.1 Å². The molecule has 0 saturated heterocycles. The SMILES string of the molecule is CCn1cc(/C=C2\C[C@@H]3[C@@H]4CCc5cc(O)ccc5[C@@H]4CC[C@]3(C)[C@H]2O)cn1. The molecule has 1 heterocycles. The molecular weight excluding hydrogens is 348 g/mol. The Labute approximate surface area is 166 Å². The number of hydrogen-bond donors (Lipinski definition) is 2. The van der Waals surface area contributed by atoms with Crippen molar-refractivity contribution in [2.45, 2.75) is 64.5 Å². The molecule has 1 aromatic heterocycles. The normalized spacial score (nSPS) is 35.5. The predicted octanol–water partition coefficient (Wildman–Crippen LogP) is 4.52. The second kappa shape index (κ2) is 6.48. The summed E-state index contributed by atoms with van der Waals surface area (Å²) in [6.45, 7) is 5.26. The van der Waals surface area contributed by atoms with Crippen molar-refractivity contribution in [2.24, 2.45) is 17.3 Å². The van der Waals surface area contributed by atoms with Gasteiger partial charge in [-0.1, -0.05) is 19.1 Å². The molecule has 2 aromatic rings. The summed E-state index contributed by atoms with van der Waals surface area (Å²) in [5.74, 6) is 2.09. The van der Waals surface area contributed by atoms with Crippen molar-refractivity contribution >= 4 is 6.08 Å². The molecule has 2 N–H and O–H groups in total. The molecule has 3 aliphatic carbocycles. The van der Waals surface area contributed by atoms with Gasteiger partial charge in [0.15, 0.2) is 0 Å². The van der Waals surface area contributed by atoms with Gasteiger partial charge in [0, 0.05) is 23.7 Å². The van der Waals surface area contributed by atoms with Crippen LogP contribution in [0.5, 0.6) is 5.75 Å². The monoisotopic (exact) mass is 378 g/mol. The Balaban J connectivity index is 1.46. The molecule has 0 radical (unpaired) electrons. The van der Waals surface area contributed by atoms with Gasteiger partial charge in [0.05, 0.1) is 12.3 Å². The fourth-order valence-electron chi connectivity index (χ4n) is 6.41. The van der Waals surface area contributed by atoms with Crippen molar-refractivity contribution in [3.05, 3.63) is 52.9 Å². The molecule has 5 atom stereocenters. The summed E-state index contributed by atoms with van der Waals surface area (Å²) in [6.07, 6.45) is 11.2. The maximum Gasteiger partial charge on any atom is 0.115 e. The van der Waals surface area contributed by atoms with Crippen molar-refractivity contribution in [3.8, 4) is 5.75 Å². The van der Waals surface area contributed by atoms with Crippen LogP contribution in [-0.2, 0) is 13.0 Å². The molecule has 2 fully saturated rings. The molecule has 148 valence electrons. The Bertz CT molecular complexity index is 930. The minimum absolute atomic E-state index is 0.0256. The van der Waals surface area contributed by atoms with Crippen LogP contribution < -0.4 is 0 Å². The van der Waals surface area contributed by atoms with E-state index in [1.807, 2.05) is 23.0 Å². The minimum Gasteiger partial charge on any atom is -0.508 e. The third-order valence-electron chi connectivity index (χ3n) is 7.91. The second-order valence-corrected chi connectivity index (χ2v) is 9.30. The van der Waals surface area contributed by atoms with E-state index < -0.39 is 0 Å². The molecule has 0 spiro atoms. The first-order chi connectivity index (χ1) is 13.5. The molecule has 4 heteroatoms. The number of benzene rings is 1. The molecule has 28 heavy (non-hydrogen) atoms. The number of aliphatic hydroxyl groups is 1. The maximum absolute atomic E-state index is 11.3. The molecule has 0 unspecified atom stereocenters. The standard InChI is InChI=1S/C24H30N2O2/c1-3-26-14-15(13-25-26)10-17-12-22-21-6-4-16-11-18(27)5-7-19(16)20(21)8-9-24(22,2)23(17)28/h5,7,10-11,13-14,20-23,27-28H,3-4,6,8-9,12H2,1-2H3/b17-10+/t20-,21+,22+,23-,24-/m0/s1. The number of aromatic nitrogens is 2. The van der Waals surface area contributed by atoms with Crippen LogP contribution in [-0.4, -0.2) is 26.1 Å². The zero-order valence-corrected chi connectivity index (χ0v) is 16.8. The molecule has 0 amide bonds. The number of rotatable bonds is 2. The van der Waals surface area contributed by atoms with Gasteiger partial charge in [-0.05, 0) is 85.6 Å². The molecule has 1 aromatic carbocycles. The average molecular weight is 379 g/mol. The van der Waals surface area contributed by atoms with Gasteiger partial charge < -0.3 is 10.2 Å². The third kappa shape index (κ3) is 2.65. The van der Waals surface area contributed by atoms with Crippen molar-refractivity contribution in [1.82, 2.24) is 9.78 Å². The maximum atomic E-state index is 11.3. The second-order valence-electron chi connectivity index (χ2n) is 9.30. The number of nitrogens with zero attached hydrogens (tertiary/aromatic N) is 2. The minimum atomic E-state index is -0.357. The van der Waals surface area contributed by atoms with E-state index >= 15 is 0 Å². The van der Waals surface area contributed by atoms with Crippen LogP contribution in [0.4, 0.5) is 0 Å². The van der Waals surface area contributed by atoms with Crippen LogP contribution >= 0.6 is 0 Å². The molecule has 4 nitrogen and oxygen atoms in total. The van der Waals surface area contributed by atoms with E-state index in [0.29, 0.717) is 23.5 Å². The number of aliphatic hydroxyl groups excluding tert-OH is 1. The van der Waals surface area contributed by atoms with E-state index in [9.17, 15) is 10.2 Å². The first-order valence-corrected chi connectivity index (χ1v) is 10.7. The van der Waals surface area contributed by atoms with Crippen molar-refractivity contribution < 1.29 is 10.2 Å². The van der Waals surface area contributed by atoms with Gasteiger partial charge in [0.25, 0.3) is 0 Å². The summed E-state index contributed by atoms with van der Waals surface area (Å²) in [5.41, 5.74) is 5.01. The largest absolute Gasteiger partial charge is 0.508 e. The first kappa shape index (κ1) is 18.0. The first-order valence-electron chi connectivity index (χ1n) is 10.7. The van der Waals surface area contributed by atoms with Crippen LogP contribution in [0.25, 0.3) is 6.08 Å². The highest BCUT2D eigenvalue weighted by atomic mass is 16.3. The van der Waals surface area contributed by atoms with Gasteiger partial charge in [-0.2, -0.15) is 5.10 Å². The van der Waals surface area contributed by atoms with E-state index in [-0.39, 0.29) is 11.5 Å². The van der Waals surface area contributed by atoms with Crippen LogP contribution in [0.2, 0.25) is 0 Å². The van der Waals surface area contributed by atoms with Crippen molar-refractivity contribution in [2.75, 3.05) is 0 Å². The van der Waals surface area contributed by atoms with E-state index in [0.717, 1.165) is 44.2 Å². The number of phenolic OH excluding ortho intramolecular Hbond substituents is 1.